The molecule has 0 aromatic rings. The zero-order valence-electron chi connectivity index (χ0n) is 11.3. The molecule has 104 valence electrons. The molecule has 1 atom stereocenters. The molecule has 1 saturated heterocycles. The number of carbonyl (C=O) groups excluding carboxylic acids is 1. The number of hydrogen-bond acceptors (Lipinski definition) is 3. The third kappa shape index (κ3) is 3.45. The first kappa shape index (κ1) is 15.0. The highest BCUT2D eigenvalue weighted by Crippen LogP contribution is 2.35. The van der Waals surface area contributed by atoms with E-state index >= 15 is 0 Å². The zero-order valence-corrected chi connectivity index (χ0v) is 11.3. The molecule has 0 aromatic heterocycles. The lowest BCUT2D eigenvalue weighted by atomic mass is 9.76. The summed E-state index contributed by atoms with van der Waals surface area (Å²) in [6.07, 6.45) is 2.90. The maximum atomic E-state index is 11.9. The summed E-state index contributed by atoms with van der Waals surface area (Å²) in [4.78, 5) is 25.0. The second-order valence-corrected chi connectivity index (χ2v) is 5.34. The molecule has 1 aliphatic rings. The Morgan fingerprint density at radius 3 is 2.33 bits per heavy atom. The topological polar surface area (TPSA) is 83.6 Å². The Morgan fingerprint density at radius 1 is 1.39 bits per heavy atom. The van der Waals surface area contributed by atoms with Gasteiger partial charge in [0.1, 0.15) is 0 Å². The molecular formula is C13H24N2O3. The zero-order chi connectivity index (χ0) is 13.8. The lowest BCUT2D eigenvalue weighted by Crippen LogP contribution is -2.46. The number of hydrogen-bond donors (Lipinski definition) is 2. The van der Waals surface area contributed by atoms with Crippen LogP contribution in [0.1, 0.15) is 46.0 Å². The van der Waals surface area contributed by atoms with Crippen molar-refractivity contribution in [2.45, 2.75) is 52.0 Å². The van der Waals surface area contributed by atoms with Gasteiger partial charge in [0, 0.05) is 25.6 Å². The number of nitrogens with zero attached hydrogens (tertiary/aromatic N) is 1. The lowest BCUT2D eigenvalue weighted by Gasteiger charge is -2.38. The normalized spacial score (nSPS) is 20.5. The lowest BCUT2D eigenvalue weighted by molar-refractivity contribution is -0.154. The maximum Gasteiger partial charge on any atom is 0.309 e. The average molecular weight is 256 g/mol. The van der Waals surface area contributed by atoms with Crippen LogP contribution in [0.25, 0.3) is 0 Å². The van der Waals surface area contributed by atoms with Crippen LogP contribution in [0.15, 0.2) is 0 Å². The number of nitrogens with two attached hydrogens (primary N) is 1. The quantitative estimate of drug-likeness (QED) is 0.774. The molecule has 5 heteroatoms. The predicted molar refractivity (Wildman–Crippen MR) is 69.1 cm³/mol. The molecule has 1 heterocycles. The van der Waals surface area contributed by atoms with Gasteiger partial charge in [-0.1, -0.05) is 6.92 Å². The van der Waals surface area contributed by atoms with Crippen molar-refractivity contribution in [3.63, 3.8) is 0 Å². The summed E-state index contributed by atoms with van der Waals surface area (Å²) in [6, 6.07) is 0.0347. The number of rotatable bonds is 5. The number of aliphatic carboxylic acids is 1. The van der Waals surface area contributed by atoms with Crippen molar-refractivity contribution in [3.05, 3.63) is 0 Å². The fourth-order valence-corrected chi connectivity index (χ4v) is 2.41. The van der Waals surface area contributed by atoms with Crippen LogP contribution in [0.2, 0.25) is 0 Å². The van der Waals surface area contributed by atoms with Gasteiger partial charge < -0.3 is 15.7 Å². The molecule has 3 N–H and O–H groups in total. The highest BCUT2D eigenvalue weighted by molar-refractivity contribution is 5.78. The summed E-state index contributed by atoms with van der Waals surface area (Å²) < 4.78 is 0. The summed E-state index contributed by atoms with van der Waals surface area (Å²) >= 11 is 0. The number of piperidine rings is 1. The van der Waals surface area contributed by atoms with Crippen LogP contribution in [-0.4, -0.2) is 41.0 Å². The molecule has 0 saturated carbocycles. The van der Waals surface area contributed by atoms with Crippen molar-refractivity contribution >= 4 is 11.9 Å². The second kappa shape index (κ2) is 6.18. The van der Waals surface area contributed by atoms with Crippen LogP contribution < -0.4 is 5.73 Å². The standard InChI is InChI=1S/C13H24N2O3/c1-3-13(12(17)18)6-8-15(9-7-13)11(16)5-4-10(2)14/h10H,3-9,14H2,1-2H3,(H,17,18). The molecule has 18 heavy (non-hydrogen) atoms. The maximum absolute atomic E-state index is 11.9. The van der Waals surface area contributed by atoms with Crippen molar-refractivity contribution in [1.82, 2.24) is 4.90 Å². The van der Waals surface area contributed by atoms with E-state index in [4.69, 9.17) is 5.73 Å². The summed E-state index contributed by atoms with van der Waals surface area (Å²) in [5, 5.41) is 9.27. The van der Waals surface area contributed by atoms with Gasteiger partial charge in [0.25, 0.3) is 0 Å². The first-order valence-electron chi connectivity index (χ1n) is 6.68. The molecule has 1 aliphatic heterocycles. The molecule has 0 radical (unpaired) electrons. The van der Waals surface area contributed by atoms with Gasteiger partial charge in [0.05, 0.1) is 5.41 Å². The molecular weight excluding hydrogens is 232 g/mol. The molecule has 0 aromatic carbocycles. The first-order chi connectivity index (χ1) is 8.41. The third-order valence-electron chi connectivity index (χ3n) is 4.02. The number of amides is 1. The summed E-state index contributed by atoms with van der Waals surface area (Å²) in [5.74, 6) is -0.630. The van der Waals surface area contributed by atoms with E-state index in [1.807, 2.05) is 13.8 Å². The first-order valence-corrected chi connectivity index (χ1v) is 6.68. The van der Waals surface area contributed by atoms with Gasteiger partial charge in [0.15, 0.2) is 0 Å². The predicted octanol–water partition coefficient (Wildman–Crippen LogP) is 1.22. The Kier molecular flexibility index (Phi) is 5.14. The number of carbonyl (C=O) groups is 2. The Labute approximate surface area is 108 Å². The van der Waals surface area contributed by atoms with Crippen LogP contribution in [0.3, 0.4) is 0 Å². The summed E-state index contributed by atoms with van der Waals surface area (Å²) in [6.45, 7) is 4.90. The SMILES string of the molecule is CCC1(C(=O)O)CCN(C(=O)CCC(C)N)CC1. The summed E-state index contributed by atoms with van der Waals surface area (Å²) in [7, 11) is 0. The van der Waals surface area contributed by atoms with Gasteiger partial charge in [-0.2, -0.15) is 0 Å². The second-order valence-electron chi connectivity index (χ2n) is 5.34. The minimum Gasteiger partial charge on any atom is -0.481 e. The van der Waals surface area contributed by atoms with Gasteiger partial charge in [-0.3, -0.25) is 9.59 Å². The number of likely N-dealkylation sites (tertiary alicyclic amines) is 1. The Hall–Kier alpha value is -1.10. The van der Waals surface area contributed by atoms with Crippen LogP contribution >= 0.6 is 0 Å². The van der Waals surface area contributed by atoms with E-state index in [0.717, 1.165) is 0 Å². The van der Waals surface area contributed by atoms with Crippen LogP contribution in [0.5, 0.6) is 0 Å². The van der Waals surface area contributed by atoms with E-state index in [2.05, 4.69) is 0 Å². The molecule has 1 unspecified atom stereocenters. The molecule has 1 amide bonds. The van der Waals surface area contributed by atoms with Crippen LogP contribution in [-0.2, 0) is 9.59 Å². The van der Waals surface area contributed by atoms with Crippen molar-refractivity contribution in [1.29, 1.82) is 0 Å². The molecule has 0 bridgehead atoms. The Bertz CT molecular complexity index is 307. The van der Waals surface area contributed by atoms with Crippen molar-refractivity contribution < 1.29 is 14.7 Å². The van der Waals surface area contributed by atoms with Crippen molar-refractivity contribution in [2.75, 3.05) is 13.1 Å². The molecule has 0 spiro atoms. The minimum atomic E-state index is -0.729. The van der Waals surface area contributed by atoms with Crippen LogP contribution in [0, 0.1) is 5.41 Å². The van der Waals surface area contributed by atoms with E-state index in [-0.39, 0.29) is 11.9 Å². The number of carboxylic acids is 1. The number of carboxylic acid groups (broad SMARTS) is 1. The van der Waals surface area contributed by atoms with Gasteiger partial charge in [0.2, 0.25) is 5.91 Å². The van der Waals surface area contributed by atoms with Crippen LogP contribution in [0.4, 0.5) is 0 Å². The van der Waals surface area contributed by atoms with E-state index in [0.29, 0.717) is 45.2 Å². The highest BCUT2D eigenvalue weighted by atomic mass is 16.4. The van der Waals surface area contributed by atoms with E-state index in [1.54, 1.807) is 4.90 Å². The fourth-order valence-electron chi connectivity index (χ4n) is 2.41. The van der Waals surface area contributed by atoms with E-state index in [1.165, 1.54) is 0 Å². The average Bonchev–Trinajstić information content (AvgIpc) is 2.35. The highest BCUT2D eigenvalue weighted by Gasteiger charge is 2.40. The van der Waals surface area contributed by atoms with Gasteiger partial charge in [-0.25, -0.2) is 0 Å². The molecule has 5 nitrogen and oxygen atoms in total. The van der Waals surface area contributed by atoms with Crippen molar-refractivity contribution in [2.24, 2.45) is 11.1 Å². The molecule has 1 fully saturated rings. The van der Waals surface area contributed by atoms with Gasteiger partial charge in [-0.15, -0.1) is 0 Å². The monoisotopic (exact) mass is 256 g/mol. The summed E-state index contributed by atoms with van der Waals surface area (Å²) in [5.41, 5.74) is 5.00. The van der Waals surface area contributed by atoms with Crippen molar-refractivity contribution in [3.8, 4) is 0 Å². The fraction of sp³-hybridized carbons (Fsp3) is 0.846. The van der Waals surface area contributed by atoms with E-state index in [9.17, 15) is 14.7 Å². The Balaban J connectivity index is 2.48. The Morgan fingerprint density at radius 2 is 1.94 bits per heavy atom. The smallest absolute Gasteiger partial charge is 0.309 e. The molecule has 1 rings (SSSR count). The van der Waals surface area contributed by atoms with E-state index < -0.39 is 11.4 Å². The molecule has 0 aliphatic carbocycles. The van der Waals surface area contributed by atoms with Gasteiger partial charge >= 0.3 is 5.97 Å². The largest absolute Gasteiger partial charge is 0.481 e. The minimum absolute atomic E-state index is 0.0347. The third-order valence-corrected chi connectivity index (χ3v) is 4.02. The van der Waals surface area contributed by atoms with Gasteiger partial charge in [-0.05, 0) is 32.6 Å².